The van der Waals surface area contributed by atoms with Crippen LogP contribution in [0.2, 0.25) is 0 Å². The van der Waals surface area contributed by atoms with Gasteiger partial charge in [-0.2, -0.15) is 0 Å². The summed E-state index contributed by atoms with van der Waals surface area (Å²) in [5.74, 6) is 2.33. The van der Waals surface area contributed by atoms with E-state index in [0.717, 1.165) is 25.7 Å². The second-order valence-corrected chi connectivity index (χ2v) is 4.14. The van der Waals surface area contributed by atoms with Gasteiger partial charge in [0.15, 0.2) is 0 Å². The summed E-state index contributed by atoms with van der Waals surface area (Å²) >= 11 is 0. The molecule has 0 amide bonds. The molecule has 0 spiro atoms. The van der Waals surface area contributed by atoms with E-state index in [2.05, 4.69) is 11.2 Å². The number of hydrogen-bond donors (Lipinski definition) is 1. The molecule has 1 rings (SSSR count). The molecule has 0 aromatic carbocycles. The molecule has 3 nitrogen and oxygen atoms in total. The van der Waals surface area contributed by atoms with Gasteiger partial charge in [0.2, 0.25) is 0 Å². The van der Waals surface area contributed by atoms with Crippen molar-refractivity contribution in [3.63, 3.8) is 0 Å². The van der Waals surface area contributed by atoms with Gasteiger partial charge in [0.1, 0.15) is 5.60 Å². The Hall–Kier alpha value is -1.01. The van der Waals surface area contributed by atoms with Crippen LogP contribution in [0.3, 0.4) is 0 Å². The Morgan fingerprint density at radius 3 is 2.67 bits per heavy atom. The van der Waals surface area contributed by atoms with Crippen LogP contribution in [0.4, 0.5) is 0 Å². The molecular formula is C12H19NO2. The number of hydrogen-bond acceptors (Lipinski definition) is 3. The first kappa shape index (κ1) is 12.1. The van der Waals surface area contributed by atoms with Crippen LogP contribution in [0.1, 0.15) is 39.0 Å². The Kier molecular flexibility index (Phi) is 4.64. The number of terminal acetylenes is 1. The van der Waals surface area contributed by atoms with Crippen LogP contribution in [0.5, 0.6) is 0 Å². The average Bonchev–Trinajstić information content (AvgIpc) is 2.18. The van der Waals surface area contributed by atoms with Crippen LogP contribution in [0.15, 0.2) is 0 Å². The summed E-state index contributed by atoms with van der Waals surface area (Å²) < 4.78 is 5.46. The third kappa shape index (κ3) is 3.93. The van der Waals surface area contributed by atoms with Gasteiger partial charge in [-0.25, -0.2) is 0 Å². The van der Waals surface area contributed by atoms with Gasteiger partial charge in [-0.15, -0.1) is 6.42 Å². The predicted octanol–water partition coefficient (Wildman–Crippen LogP) is 1.48. The highest BCUT2D eigenvalue weighted by molar-refractivity contribution is 5.66. The number of rotatable bonds is 4. The minimum Gasteiger partial charge on any atom is -0.458 e. The van der Waals surface area contributed by atoms with Crippen molar-refractivity contribution in [3.8, 4) is 12.3 Å². The summed E-state index contributed by atoms with van der Waals surface area (Å²) in [6.45, 7) is 2.68. The van der Waals surface area contributed by atoms with Crippen LogP contribution in [-0.2, 0) is 9.53 Å². The monoisotopic (exact) mass is 209 g/mol. The van der Waals surface area contributed by atoms with Crippen molar-refractivity contribution in [2.24, 2.45) is 0 Å². The fraction of sp³-hybridized carbons (Fsp3) is 0.750. The summed E-state index contributed by atoms with van der Waals surface area (Å²) in [4.78, 5) is 11.1. The number of esters is 1. The molecule has 84 valence electrons. The molecule has 0 radical (unpaired) electrons. The first-order valence-electron chi connectivity index (χ1n) is 5.52. The summed E-state index contributed by atoms with van der Waals surface area (Å²) in [5.41, 5.74) is -0.305. The lowest BCUT2D eigenvalue weighted by Crippen LogP contribution is -2.45. The smallest absolute Gasteiger partial charge is 0.303 e. The summed E-state index contributed by atoms with van der Waals surface area (Å²) in [6, 6.07) is 0. The fourth-order valence-electron chi connectivity index (χ4n) is 2.18. The third-order valence-electron chi connectivity index (χ3n) is 2.80. The molecule has 1 aliphatic rings. The number of carbonyl (C=O) groups excluding carboxylic acids is 1. The molecule has 0 atom stereocenters. The number of nitrogens with one attached hydrogen (secondary N) is 1. The molecule has 3 heteroatoms. The topological polar surface area (TPSA) is 38.3 Å². The maximum absolute atomic E-state index is 11.1. The highest BCUT2D eigenvalue weighted by Crippen LogP contribution is 2.31. The molecule has 0 aromatic heterocycles. The Balaban J connectivity index is 2.50. The summed E-state index contributed by atoms with van der Waals surface area (Å²) in [6.07, 6.45) is 10.6. The summed E-state index contributed by atoms with van der Waals surface area (Å²) in [7, 11) is 0. The first-order chi connectivity index (χ1) is 7.18. The van der Waals surface area contributed by atoms with Crippen LogP contribution in [-0.4, -0.2) is 24.7 Å². The van der Waals surface area contributed by atoms with Crippen molar-refractivity contribution in [2.45, 2.75) is 44.6 Å². The molecule has 0 aromatic rings. The van der Waals surface area contributed by atoms with E-state index in [1.54, 1.807) is 0 Å². The number of ether oxygens (including phenoxy) is 1. The van der Waals surface area contributed by atoms with Crippen molar-refractivity contribution in [3.05, 3.63) is 0 Å². The Morgan fingerprint density at radius 1 is 1.47 bits per heavy atom. The van der Waals surface area contributed by atoms with Crippen LogP contribution in [0, 0.1) is 12.3 Å². The molecule has 0 bridgehead atoms. The Labute approximate surface area is 91.6 Å². The molecule has 1 fully saturated rings. The molecule has 1 saturated carbocycles. The molecule has 0 saturated heterocycles. The third-order valence-corrected chi connectivity index (χ3v) is 2.80. The second-order valence-electron chi connectivity index (χ2n) is 4.14. The van der Waals surface area contributed by atoms with Crippen molar-refractivity contribution in [1.82, 2.24) is 5.32 Å². The predicted molar refractivity (Wildman–Crippen MR) is 59.3 cm³/mol. The van der Waals surface area contributed by atoms with Crippen LogP contribution >= 0.6 is 0 Å². The second kappa shape index (κ2) is 5.77. The minimum atomic E-state index is -0.305. The van der Waals surface area contributed by atoms with Crippen molar-refractivity contribution >= 4 is 5.97 Å². The fourth-order valence-corrected chi connectivity index (χ4v) is 2.18. The van der Waals surface area contributed by atoms with Gasteiger partial charge < -0.3 is 10.1 Å². The SMILES string of the molecule is C#CCNCC1(OC(C)=O)CCCCC1. The van der Waals surface area contributed by atoms with Crippen molar-refractivity contribution < 1.29 is 9.53 Å². The van der Waals surface area contributed by atoms with E-state index >= 15 is 0 Å². The minimum absolute atomic E-state index is 0.195. The van der Waals surface area contributed by atoms with E-state index in [9.17, 15) is 4.79 Å². The molecule has 0 aliphatic heterocycles. The zero-order valence-corrected chi connectivity index (χ0v) is 9.34. The highest BCUT2D eigenvalue weighted by Gasteiger charge is 2.34. The molecule has 15 heavy (non-hydrogen) atoms. The van der Waals surface area contributed by atoms with Crippen LogP contribution < -0.4 is 5.32 Å². The van der Waals surface area contributed by atoms with E-state index in [1.807, 2.05) is 0 Å². The van der Waals surface area contributed by atoms with Crippen LogP contribution in [0.25, 0.3) is 0 Å². The van der Waals surface area contributed by atoms with Crippen molar-refractivity contribution in [1.29, 1.82) is 0 Å². The Bertz CT molecular complexity index is 249. The molecular weight excluding hydrogens is 190 g/mol. The van der Waals surface area contributed by atoms with Gasteiger partial charge in [0.25, 0.3) is 0 Å². The maximum Gasteiger partial charge on any atom is 0.303 e. The van der Waals surface area contributed by atoms with Crippen molar-refractivity contribution in [2.75, 3.05) is 13.1 Å². The quantitative estimate of drug-likeness (QED) is 0.433. The lowest BCUT2D eigenvalue weighted by atomic mass is 9.84. The first-order valence-corrected chi connectivity index (χ1v) is 5.52. The lowest BCUT2D eigenvalue weighted by molar-refractivity contribution is -0.160. The van der Waals surface area contributed by atoms with E-state index in [4.69, 9.17) is 11.2 Å². The molecule has 1 aliphatic carbocycles. The molecule has 0 heterocycles. The molecule has 1 N–H and O–H groups in total. The normalized spacial score (nSPS) is 19.2. The zero-order chi connectivity index (χ0) is 11.1. The van der Waals surface area contributed by atoms with Gasteiger partial charge >= 0.3 is 5.97 Å². The standard InChI is InChI=1S/C12H19NO2/c1-3-9-13-10-12(15-11(2)14)7-5-4-6-8-12/h1,13H,4-10H2,2H3. The maximum atomic E-state index is 11.1. The largest absolute Gasteiger partial charge is 0.458 e. The van der Waals surface area contributed by atoms with Gasteiger partial charge in [-0.3, -0.25) is 4.79 Å². The average molecular weight is 209 g/mol. The Morgan fingerprint density at radius 2 is 2.13 bits per heavy atom. The van der Waals surface area contributed by atoms with E-state index in [-0.39, 0.29) is 11.6 Å². The van der Waals surface area contributed by atoms with E-state index in [0.29, 0.717) is 13.1 Å². The van der Waals surface area contributed by atoms with Gasteiger partial charge in [0.05, 0.1) is 6.54 Å². The summed E-state index contributed by atoms with van der Waals surface area (Å²) in [5, 5.41) is 3.14. The van der Waals surface area contributed by atoms with Gasteiger partial charge in [-0.1, -0.05) is 12.3 Å². The van der Waals surface area contributed by atoms with Gasteiger partial charge in [-0.05, 0) is 25.7 Å². The van der Waals surface area contributed by atoms with Gasteiger partial charge in [0, 0.05) is 13.5 Å². The molecule has 0 unspecified atom stereocenters. The highest BCUT2D eigenvalue weighted by atomic mass is 16.6. The lowest BCUT2D eigenvalue weighted by Gasteiger charge is -2.36. The number of carbonyl (C=O) groups is 1. The van der Waals surface area contributed by atoms with E-state index < -0.39 is 0 Å². The van der Waals surface area contributed by atoms with E-state index in [1.165, 1.54) is 13.3 Å². The zero-order valence-electron chi connectivity index (χ0n) is 9.34.